The number of methoxy groups -OCH3 is 1. The number of ether oxygens (including phenoxy) is 1. The summed E-state index contributed by atoms with van der Waals surface area (Å²) in [6, 6.07) is 0.00528. The fourth-order valence-electron chi connectivity index (χ4n) is 3.27. The topological polar surface area (TPSA) is 56.1 Å². The number of nitrogens with zero attached hydrogens (tertiary/aromatic N) is 2. The van der Waals surface area contributed by atoms with Gasteiger partial charge in [-0.15, -0.1) is 0 Å². The Bertz CT molecular complexity index is 613. The average molecular weight is 329 g/mol. The standard InChI is InChI=1S/C16H25F2N3O2/c1-9-11(10(2)21(20-9)14(17)18)7-13(22)19-12-8-16(5,23-6)15(12,3)4/h12,14H,7-8H2,1-6H3,(H,19,22)/t12-,16+/m1/s1. The first-order chi connectivity index (χ1) is 10.5. The van der Waals surface area contributed by atoms with Gasteiger partial charge in [-0.1, -0.05) is 13.8 Å². The van der Waals surface area contributed by atoms with E-state index in [4.69, 9.17) is 4.74 Å². The summed E-state index contributed by atoms with van der Waals surface area (Å²) in [4.78, 5) is 12.3. The summed E-state index contributed by atoms with van der Waals surface area (Å²) >= 11 is 0. The van der Waals surface area contributed by atoms with Gasteiger partial charge in [-0.05, 0) is 27.2 Å². The monoisotopic (exact) mass is 329 g/mol. The first-order valence-electron chi connectivity index (χ1n) is 7.70. The molecule has 1 fully saturated rings. The second kappa shape index (κ2) is 5.85. The van der Waals surface area contributed by atoms with E-state index in [1.54, 1.807) is 21.0 Å². The van der Waals surface area contributed by atoms with E-state index in [-0.39, 0.29) is 29.4 Å². The molecule has 1 aliphatic rings. The van der Waals surface area contributed by atoms with Gasteiger partial charge in [0.2, 0.25) is 5.91 Å². The van der Waals surface area contributed by atoms with Crippen molar-refractivity contribution in [3.8, 4) is 0 Å². The number of aromatic nitrogens is 2. The molecular formula is C16H25F2N3O2. The highest BCUT2D eigenvalue weighted by molar-refractivity contribution is 5.79. The van der Waals surface area contributed by atoms with E-state index in [2.05, 4.69) is 24.3 Å². The van der Waals surface area contributed by atoms with Crippen LogP contribution in [0.4, 0.5) is 8.78 Å². The number of halogens is 2. The SMILES string of the molecule is CO[C@@]1(C)C[C@@H](NC(=O)Cc2c(C)nn(C(F)F)c2C)C1(C)C. The van der Waals surface area contributed by atoms with Crippen LogP contribution in [0.5, 0.6) is 0 Å². The van der Waals surface area contributed by atoms with Gasteiger partial charge < -0.3 is 10.1 Å². The molecule has 1 N–H and O–H groups in total. The van der Waals surface area contributed by atoms with Crippen molar-refractivity contribution < 1.29 is 18.3 Å². The predicted octanol–water partition coefficient (Wildman–Crippen LogP) is 2.76. The van der Waals surface area contributed by atoms with Crippen LogP contribution in [0.2, 0.25) is 0 Å². The zero-order chi connectivity index (χ0) is 17.6. The first kappa shape index (κ1) is 17.8. The summed E-state index contributed by atoms with van der Waals surface area (Å²) in [7, 11) is 1.67. The van der Waals surface area contributed by atoms with Crippen molar-refractivity contribution in [1.82, 2.24) is 15.1 Å². The van der Waals surface area contributed by atoms with Gasteiger partial charge in [0.1, 0.15) is 0 Å². The number of nitrogens with one attached hydrogen (secondary N) is 1. The average Bonchev–Trinajstić information content (AvgIpc) is 2.74. The van der Waals surface area contributed by atoms with Crippen LogP contribution in [0.15, 0.2) is 0 Å². The minimum Gasteiger partial charge on any atom is -0.378 e. The molecule has 0 radical (unpaired) electrons. The van der Waals surface area contributed by atoms with Crippen LogP contribution in [0.25, 0.3) is 0 Å². The molecule has 0 spiro atoms. The third kappa shape index (κ3) is 2.86. The zero-order valence-electron chi connectivity index (χ0n) is 14.5. The summed E-state index contributed by atoms with van der Waals surface area (Å²) in [5.74, 6) is -0.179. The molecule has 130 valence electrons. The lowest BCUT2D eigenvalue weighted by Crippen LogP contribution is -2.68. The van der Waals surface area contributed by atoms with Crippen molar-refractivity contribution in [2.45, 2.75) is 65.7 Å². The molecule has 0 bridgehead atoms. The van der Waals surface area contributed by atoms with Gasteiger partial charge in [-0.2, -0.15) is 13.9 Å². The van der Waals surface area contributed by atoms with E-state index < -0.39 is 6.55 Å². The lowest BCUT2D eigenvalue weighted by atomic mass is 9.56. The smallest absolute Gasteiger partial charge is 0.333 e. The maximum atomic E-state index is 12.8. The largest absolute Gasteiger partial charge is 0.378 e. The molecule has 0 unspecified atom stereocenters. The Morgan fingerprint density at radius 3 is 2.48 bits per heavy atom. The number of hydrogen-bond acceptors (Lipinski definition) is 3. The van der Waals surface area contributed by atoms with E-state index in [1.807, 2.05) is 6.92 Å². The molecule has 2 atom stereocenters. The van der Waals surface area contributed by atoms with Crippen LogP contribution in [0.1, 0.15) is 50.7 Å². The summed E-state index contributed by atoms with van der Waals surface area (Å²) in [5, 5.41) is 6.80. The third-order valence-corrected chi connectivity index (χ3v) is 5.61. The summed E-state index contributed by atoms with van der Waals surface area (Å²) < 4.78 is 31.9. The molecule has 23 heavy (non-hydrogen) atoms. The minimum atomic E-state index is -2.70. The summed E-state index contributed by atoms with van der Waals surface area (Å²) in [6.45, 7) is 6.63. The number of rotatable bonds is 5. The number of amides is 1. The van der Waals surface area contributed by atoms with Crippen LogP contribution < -0.4 is 5.32 Å². The zero-order valence-corrected chi connectivity index (χ0v) is 14.5. The van der Waals surface area contributed by atoms with Gasteiger partial charge in [0.05, 0.1) is 17.7 Å². The Labute approximate surface area is 135 Å². The van der Waals surface area contributed by atoms with Crippen molar-refractivity contribution in [2.24, 2.45) is 5.41 Å². The third-order valence-electron chi connectivity index (χ3n) is 5.61. The lowest BCUT2D eigenvalue weighted by molar-refractivity contribution is -0.182. The normalized spacial score (nSPS) is 26.2. The van der Waals surface area contributed by atoms with Crippen LogP contribution >= 0.6 is 0 Å². The van der Waals surface area contributed by atoms with Crippen molar-refractivity contribution in [3.63, 3.8) is 0 Å². The van der Waals surface area contributed by atoms with Gasteiger partial charge in [0, 0.05) is 29.8 Å². The maximum absolute atomic E-state index is 12.8. The fourth-order valence-corrected chi connectivity index (χ4v) is 3.27. The molecule has 0 aliphatic heterocycles. The van der Waals surface area contributed by atoms with Crippen molar-refractivity contribution in [2.75, 3.05) is 7.11 Å². The van der Waals surface area contributed by atoms with Crippen LogP contribution in [0, 0.1) is 19.3 Å². The molecule has 1 saturated carbocycles. The van der Waals surface area contributed by atoms with Gasteiger partial charge in [-0.25, -0.2) is 4.68 Å². The number of hydrogen-bond donors (Lipinski definition) is 1. The first-order valence-corrected chi connectivity index (χ1v) is 7.70. The molecule has 1 aromatic heterocycles. The molecule has 7 heteroatoms. The van der Waals surface area contributed by atoms with E-state index in [1.165, 1.54) is 0 Å². The quantitative estimate of drug-likeness (QED) is 0.904. The Balaban J connectivity index is 2.05. The van der Waals surface area contributed by atoms with Gasteiger partial charge in [0.15, 0.2) is 0 Å². The maximum Gasteiger partial charge on any atom is 0.333 e. The molecular weight excluding hydrogens is 304 g/mol. The Morgan fingerprint density at radius 2 is 2.04 bits per heavy atom. The van der Waals surface area contributed by atoms with Gasteiger partial charge >= 0.3 is 6.55 Å². The molecule has 1 aromatic rings. The Kier molecular flexibility index (Phi) is 4.54. The number of carbonyl (C=O) groups is 1. The van der Waals surface area contributed by atoms with E-state index >= 15 is 0 Å². The number of carbonyl (C=O) groups excluding carboxylic acids is 1. The number of aryl methyl sites for hydroxylation is 1. The second-order valence-electron chi connectivity index (χ2n) is 7.03. The highest BCUT2D eigenvalue weighted by atomic mass is 19.3. The molecule has 1 heterocycles. The second-order valence-corrected chi connectivity index (χ2v) is 7.03. The Hall–Kier alpha value is -1.50. The molecule has 2 rings (SSSR count). The fraction of sp³-hybridized carbons (Fsp3) is 0.750. The van der Waals surface area contributed by atoms with Crippen molar-refractivity contribution >= 4 is 5.91 Å². The minimum absolute atomic E-state index is 0.00528. The highest BCUT2D eigenvalue weighted by Gasteiger charge is 2.58. The van der Waals surface area contributed by atoms with Crippen molar-refractivity contribution in [1.29, 1.82) is 0 Å². The summed E-state index contributed by atoms with van der Waals surface area (Å²) in [6.07, 6.45) is 0.789. The Morgan fingerprint density at radius 1 is 1.43 bits per heavy atom. The highest BCUT2D eigenvalue weighted by Crippen LogP contribution is 2.51. The van der Waals surface area contributed by atoms with E-state index in [9.17, 15) is 13.6 Å². The summed E-state index contributed by atoms with van der Waals surface area (Å²) in [5.41, 5.74) is 0.913. The molecule has 0 saturated heterocycles. The lowest BCUT2D eigenvalue weighted by Gasteiger charge is -2.59. The number of alkyl halides is 2. The van der Waals surface area contributed by atoms with Gasteiger partial charge in [-0.3, -0.25) is 4.79 Å². The molecule has 1 amide bonds. The van der Waals surface area contributed by atoms with Crippen LogP contribution in [-0.4, -0.2) is 34.4 Å². The van der Waals surface area contributed by atoms with Crippen molar-refractivity contribution in [3.05, 3.63) is 17.0 Å². The van der Waals surface area contributed by atoms with E-state index in [0.29, 0.717) is 21.6 Å². The van der Waals surface area contributed by atoms with Crippen LogP contribution in [-0.2, 0) is 16.0 Å². The van der Waals surface area contributed by atoms with Crippen LogP contribution in [0.3, 0.4) is 0 Å². The predicted molar refractivity (Wildman–Crippen MR) is 82.4 cm³/mol. The van der Waals surface area contributed by atoms with Gasteiger partial charge in [0.25, 0.3) is 0 Å². The molecule has 1 aliphatic carbocycles. The molecule has 0 aromatic carbocycles. The van der Waals surface area contributed by atoms with E-state index in [0.717, 1.165) is 6.42 Å². The molecule has 5 nitrogen and oxygen atoms in total.